The Kier molecular flexibility index (Phi) is 7.63. The lowest BCUT2D eigenvalue weighted by Gasteiger charge is -2.14. The van der Waals surface area contributed by atoms with Gasteiger partial charge in [0, 0.05) is 30.3 Å². The molecule has 0 spiro atoms. The highest BCUT2D eigenvalue weighted by Crippen LogP contribution is 2.18. The maximum absolute atomic E-state index is 12.2. The van der Waals surface area contributed by atoms with Gasteiger partial charge in [-0.15, -0.1) is 0 Å². The zero-order valence-corrected chi connectivity index (χ0v) is 15.4. The first-order chi connectivity index (χ1) is 13.0. The van der Waals surface area contributed by atoms with Gasteiger partial charge in [-0.2, -0.15) is 0 Å². The molecule has 7 heteroatoms. The lowest BCUT2D eigenvalue weighted by Crippen LogP contribution is -2.35. The Morgan fingerprint density at radius 2 is 1.85 bits per heavy atom. The number of aliphatic hydroxyl groups excluding tert-OH is 1. The molecule has 0 aromatic heterocycles. The Balaban J connectivity index is 1.82. The third-order valence-electron chi connectivity index (χ3n) is 3.71. The number of benzene rings is 2. The number of carbonyl (C=O) groups excluding carboxylic acids is 2. The van der Waals surface area contributed by atoms with Crippen molar-refractivity contribution in [2.45, 2.75) is 19.4 Å². The van der Waals surface area contributed by atoms with Gasteiger partial charge in [0.1, 0.15) is 24.2 Å². The average molecular weight is 372 g/mol. The van der Waals surface area contributed by atoms with E-state index in [0.29, 0.717) is 29.2 Å². The van der Waals surface area contributed by atoms with Crippen molar-refractivity contribution in [1.82, 2.24) is 5.32 Å². The Morgan fingerprint density at radius 3 is 2.59 bits per heavy atom. The first kappa shape index (κ1) is 20.3. The first-order valence-electron chi connectivity index (χ1n) is 8.65. The van der Waals surface area contributed by atoms with Gasteiger partial charge in [-0.1, -0.05) is 19.1 Å². The highest BCUT2D eigenvalue weighted by Gasteiger charge is 2.11. The zero-order valence-electron chi connectivity index (χ0n) is 15.4. The quantitative estimate of drug-likeness (QED) is 0.627. The summed E-state index contributed by atoms with van der Waals surface area (Å²) in [5, 5.41) is 15.4. The van der Waals surface area contributed by atoms with Gasteiger partial charge >= 0.3 is 0 Å². The molecule has 0 unspecified atom stereocenters. The van der Waals surface area contributed by atoms with Crippen LogP contribution in [0.4, 0.5) is 5.69 Å². The molecular weight excluding hydrogens is 348 g/mol. The summed E-state index contributed by atoms with van der Waals surface area (Å²) in [5.74, 6) is 0.755. The van der Waals surface area contributed by atoms with Crippen molar-refractivity contribution < 1.29 is 24.2 Å². The normalized spacial score (nSPS) is 11.4. The third-order valence-corrected chi connectivity index (χ3v) is 3.71. The van der Waals surface area contributed by atoms with Gasteiger partial charge in [0.2, 0.25) is 5.91 Å². The molecule has 144 valence electrons. The summed E-state index contributed by atoms with van der Waals surface area (Å²) in [6.07, 6.45) is -0.515. The van der Waals surface area contributed by atoms with Gasteiger partial charge in [0.15, 0.2) is 0 Å². The zero-order chi connectivity index (χ0) is 19.6. The van der Waals surface area contributed by atoms with Crippen LogP contribution >= 0.6 is 0 Å². The van der Waals surface area contributed by atoms with E-state index in [1.54, 1.807) is 62.6 Å². The highest BCUT2D eigenvalue weighted by atomic mass is 16.5. The molecule has 2 rings (SSSR count). The molecule has 0 saturated carbocycles. The fourth-order valence-corrected chi connectivity index (χ4v) is 2.24. The molecule has 0 bridgehead atoms. The summed E-state index contributed by atoms with van der Waals surface area (Å²) < 4.78 is 10.6. The molecule has 0 aliphatic heterocycles. The maximum atomic E-state index is 12.2. The lowest BCUT2D eigenvalue weighted by molar-refractivity contribution is -0.115. The molecule has 3 N–H and O–H groups in total. The van der Waals surface area contributed by atoms with Crippen LogP contribution in [0.25, 0.3) is 0 Å². The fourth-order valence-electron chi connectivity index (χ4n) is 2.24. The van der Waals surface area contributed by atoms with E-state index < -0.39 is 6.10 Å². The molecule has 0 aliphatic rings. The predicted molar refractivity (Wildman–Crippen MR) is 102 cm³/mol. The molecule has 2 aromatic carbocycles. The third kappa shape index (κ3) is 6.63. The molecule has 2 aromatic rings. The van der Waals surface area contributed by atoms with Crippen LogP contribution in [0.15, 0.2) is 48.5 Å². The second kappa shape index (κ2) is 10.2. The van der Waals surface area contributed by atoms with E-state index in [1.807, 2.05) is 0 Å². The summed E-state index contributed by atoms with van der Waals surface area (Å²) in [6, 6.07) is 13.7. The molecule has 2 amide bonds. The van der Waals surface area contributed by atoms with Gasteiger partial charge in [-0.25, -0.2) is 0 Å². The predicted octanol–water partition coefficient (Wildman–Crippen LogP) is 2.21. The number of rotatable bonds is 9. The molecule has 0 fully saturated rings. The van der Waals surface area contributed by atoms with Crippen LogP contribution in [0.3, 0.4) is 0 Å². The number of ether oxygens (including phenoxy) is 2. The molecule has 0 saturated heterocycles. The Labute approximate surface area is 158 Å². The van der Waals surface area contributed by atoms with Crippen LogP contribution in [0, 0.1) is 0 Å². The molecule has 0 aliphatic carbocycles. The van der Waals surface area contributed by atoms with Crippen LogP contribution in [0.5, 0.6) is 11.5 Å². The Morgan fingerprint density at radius 1 is 1.11 bits per heavy atom. The first-order valence-corrected chi connectivity index (χ1v) is 8.65. The van der Waals surface area contributed by atoms with E-state index in [4.69, 9.17) is 9.47 Å². The van der Waals surface area contributed by atoms with Crippen LogP contribution in [-0.4, -0.2) is 43.3 Å². The summed E-state index contributed by atoms with van der Waals surface area (Å²) in [6.45, 7) is 1.81. The van der Waals surface area contributed by atoms with Crippen LogP contribution in [-0.2, 0) is 4.79 Å². The van der Waals surface area contributed by atoms with Crippen LogP contribution < -0.4 is 20.1 Å². The number of hydrogen-bond donors (Lipinski definition) is 3. The van der Waals surface area contributed by atoms with E-state index >= 15 is 0 Å². The minimum atomic E-state index is -0.872. The van der Waals surface area contributed by atoms with E-state index in [1.165, 1.54) is 0 Å². The SMILES string of the molecule is CCC(=O)Nc1cccc(C(=O)NC[C@@H](O)COc2cccc(OC)c2)c1. The topological polar surface area (TPSA) is 96.9 Å². The fraction of sp³-hybridized carbons (Fsp3) is 0.300. The van der Waals surface area contributed by atoms with Crippen molar-refractivity contribution in [3.05, 3.63) is 54.1 Å². The smallest absolute Gasteiger partial charge is 0.251 e. The maximum Gasteiger partial charge on any atom is 0.251 e. The summed E-state index contributed by atoms with van der Waals surface area (Å²) in [5.41, 5.74) is 0.946. The van der Waals surface area contributed by atoms with Crippen molar-refractivity contribution in [1.29, 1.82) is 0 Å². The summed E-state index contributed by atoms with van der Waals surface area (Å²) in [7, 11) is 1.56. The molecule has 27 heavy (non-hydrogen) atoms. The van der Waals surface area contributed by atoms with Crippen molar-refractivity contribution in [2.24, 2.45) is 0 Å². The molecular formula is C20H24N2O5. The molecule has 7 nitrogen and oxygen atoms in total. The van der Waals surface area contributed by atoms with Crippen molar-refractivity contribution in [2.75, 3.05) is 25.6 Å². The second-order valence-electron chi connectivity index (χ2n) is 5.84. The number of anilines is 1. The van der Waals surface area contributed by atoms with E-state index in [-0.39, 0.29) is 25.0 Å². The number of carbonyl (C=O) groups is 2. The number of hydrogen-bond acceptors (Lipinski definition) is 5. The Bertz CT molecular complexity index is 778. The number of aliphatic hydroxyl groups is 1. The minimum Gasteiger partial charge on any atom is -0.497 e. The minimum absolute atomic E-state index is 0.0278. The largest absolute Gasteiger partial charge is 0.497 e. The van der Waals surface area contributed by atoms with Crippen molar-refractivity contribution >= 4 is 17.5 Å². The number of amides is 2. The van der Waals surface area contributed by atoms with Crippen LogP contribution in [0.1, 0.15) is 23.7 Å². The van der Waals surface area contributed by atoms with Crippen molar-refractivity contribution in [3.8, 4) is 11.5 Å². The highest BCUT2D eigenvalue weighted by molar-refractivity contribution is 5.97. The summed E-state index contributed by atoms with van der Waals surface area (Å²) >= 11 is 0. The van der Waals surface area contributed by atoms with E-state index in [0.717, 1.165) is 0 Å². The lowest BCUT2D eigenvalue weighted by atomic mass is 10.2. The van der Waals surface area contributed by atoms with Gasteiger partial charge < -0.3 is 25.2 Å². The van der Waals surface area contributed by atoms with Gasteiger partial charge in [-0.3, -0.25) is 9.59 Å². The van der Waals surface area contributed by atoms with Gasteiger partial charge in [0.25, 0.3) is 5.91 Å². The van der Waals surface area contributed by atoms with E-state index in [9.17, 15) is 14.7 Å². The van der Waals surface area contributed by atoms with E-state index in [2.05, 4.69) is 10.6 Å². The van der Waals surface area contributed by atoms with Crippen LogP contribution in [0.2, 0.25) is 0 Å². The monoisotopic (exact) mass is 372 g/mol. The number of nitrogens with one attached hydrogen (secondary N) is 2. The molecule has 1 atom stereocenters. The number of methoxy groups -OCH3 is 1. The standard InChI is InChI=1S/C20H24N2O5/c1-3-19(24)22-15-7-4-6-14(10-15)20(25)21-12-16(23)13-27-18-9-5-8-17(11-18)26-2/h4-11,16,23H,3,12-13H2,1-2H3,(H,21,25)(H,22,24)/t16-/m1/s1. The summed E-state index contributed by atoms with van der Waals surface area (Å²) in [4.78, 5) is 23.7. The average Bonchev–Trinajstić information content (AvgIpc) is 2.70. The Hall–Kier alpha value is -3.06. The van der Waals surface area contributed by atoms with Gasteiger partial charge in [-0.05, 0) is 30.3 Å². The van der Waals surface area contributed by atoms with Gasteiger partial charge in [0.05, 0.1) is 7.11 Å². The molecule has 0 heterocycles. The second-order valence-corrected chi connectivity index (χ2v) is 5.84. The van der Waals surface area contributed by atoms with Crippen molar-refractivity contribution in [3.63, 3.8) is 0 Å². The molecule has 0 radical (unpaired) electrons.